The van der Waals surface area contributed by atoms with Crippen LogP contribution in [0.2, 0.25) is 0 Å². The monoisotopic (exact) mass is 225 g/mol. The molecule has 0 amide bonds. The fourth-order valence-corrected chi connectivity index (χ4v) is 4.22. The molecule has 1 aliphatic heterocycles. The van der Waals surface area contributed by atoms with Crippen molar-refractivity contribution < 1.29 is 0 Å². The fraction of sp³-hybridized carbons (Fsp3) is 0.455. The van der Waals surface area contributed by atoms with Crippen LogP contribution in [0.3, 0.4) is 0 Å². The van der Waals surface area contributed by atoms with Crippen LogP contribution in [0.25, 0.3) is 0 Å². The standard InChI is InChI=1S/C11H15NS2/c1-8-2-4-9(5-3-8)11-13-6-10(12)7-14-11/h2-5,10-11H,6-7,12H2,1H3. The van der Waals surface area contributed by atoms with Crippen molar-refractivity contribution in [2.45, 2.75) is 17.5 Å². The van der Waals surface area contributed by atoms with E-state index in [1.165, 1.54) is 11.1 Å². The highest BCUT2D eigenvalue weighted by molar-refractivity contribution is 8.17. The van der Waals surface area contributed by atoms with Gasteiger partial charge in [-0.2, -0.15) is 0 Å². The molecule has 2 rings (SSSR count). The first-order valence-electron chi connectivity index (χ1n) is 4.81. The van der Waals surface area contributed by atoms with Gasteiger partial charge in [0.15, 0.2) is 0 Å². The number of hydrogen-bond acceptors (Lipinski definition) is 3. The van der Waals surface area contributed by atoms with Crippen molar-refractivity contribution in [1.82, 2.24) is 0 Å². The van der Waals surface area contributed by atoms with Gasteiger partial charge in [-0.3, -0.25) is 0 Å². The Bertz CT molecular complexity index is 289. The molecule has 1 aliphatic rings. The van der Waals surface area contributed by atoms with Gasteiger partial charge >= 0.3 is 0 Å². The Labute approximate surface area is 93.8 Å². The molecular weight excluding hydrogens is 210 g/mol. The van der Waals surface area contributed by atoms with Crippen LogP contribution in [-0.4, -0.2) is 17.5 Å². The molecule has 76 valence electrons. The third kappa shape index (κ3) is 2.47. The Balaban J connectivity index is 2.05. The summed E-state index contributed by atoms with van der Waals surface area (Å²) in [6, 6.07) is 9.22. The predicted molar refractivity (Wildman–Crippen MR) is 66.8 cm³/mol. The van der Waals surface area contributed by atoms with Gasteiger partial charge in [0.25, 0.3) is 0 Å². The number of rotatable bonds is 1. The summed E-state index contributed by atoms with van der Waals surface area (Å²) in [6.07, 6.45) is 0. The van der Waals surface area contributed by atoms with E-state index < -0.39 is 0 Å². The molecule has 1 saturated heterocycles. The molecule has 3 heteroatoms. The summed E-state index contributed by atoms with van der Waals surface area (Å²) < 4.78 is 0.593. The molecule has 2 N–H and O–H groups in total. The lowest BCUT2D eigenvalue weighted by Gasteiger charge is -2.25. The topological polar surface area (TPSA) is 26.0 Å². The zero-order chi connectivity index (χ0) is 9.97. The maximum Gasteiger partial charge on any atom is 0.0752 e. The summed E-state index contributed by atoms with van der Waals surface area (Å²) in [4.78, 5) is 0. The summed E-state index contributed by atoms with van der Waals surface area (Å²) >= 11 is 3.94. The van der Waals surface area contributed by atoms with Gasteiger partial charge in [-0.15, -0.1) is 23.5 Å². The molecule has 1 fully saturated rings. The Morgan fingerprint density at radius 3 is 2.29 bits per heavy atom. The van der Waals surface area contributed by atoms with Crippen LogP contribution in [0, 0.1) is 6.92 Å². The second-order valence-corrected chi connectivity index (χ2v) is 6.24. The Morgan fingerprint density at radius 1 is 1.14 bits per heavy atom. The lowest BCUT2D eigenvalue weighted by Crippen LogP contribution is -2.29. The lowest BCUT2D eigenvalue weighted by molar-refractivity contribution is 0.852. The van der Waals surface area contributed by atoms with E-state index in [0.29, 0.717) is 10.6 Å². The van der Waals surface area contributed by atoms with E-state index in [0.717, 1.165) is 11.5 Å². The van der Waals surface area contributed by atoms with E-state index in [2.05, 4.69) is 31.2 Å². The zero-order valence-corrected chi connectivity index (χ0v) is 9.91. The smallest absolute Gasteiger partial charge is 0.0752 e. The molecule has 1 nitrogen and oxygen atoms in total. The summed E-state index contributed by atoms with van der Waals surface area (Å²) in [5, 5.41) is 0. The molecule has 0 spiro atoms. The maximum absolute atomic E-state index is 5.86. The number of thioether (sulfide) groups is 2. The molecule has 0 radical (unpaired) electrons. The largest absolute Gasteiger partial charge is 0.326 e. The van der Waals surface area contributed by atoms with Crippen molar-refractivity contribution in [1.29, 1.82) is 0 Å². The van der Waals surface area contributed by atoms with Crippen LogP contribution in [0.5, 0.6) is 0 Å². The van der Waals surface area contributed by atoms with Crippen molar-refractivity contribution in [2.75, 3.05) is 11.5 Å². The third-order valence-corrected chi connectivity index (χ3v) is 5.48. The van der Waals surface area contributed by atoms with E-state index in [9.17, 15) is 0 Å². The lowest BCUT2D eigenvalue weighted by atomic mass is 10.2. The Hall–Kier alpha value is -0.120. The van der Waals surface area contributed by atoms with Gasteiger partial charge in [-0.05, 0) is 12.5 Å². The number of aryl methyl sites for hydroxylation is 1. The van der Waals surface area contributed by atoms with Crippen LogP contribution in [0.4, 0.5) is 0 Å². The predicted octanol–water partition coefficient (Wildman–Crippen LogP) is 2.80. The van der Waals surface area contributed by atoms with Gasteiger partial charge in [0.1, 0.15) is 0 Å². The molecule has 0 atom stereocenters. The van der Waals surface area contributed by atoms with Gasteiger partial charge in [0, 0.05) is 17.5 Å². The maximum atomic E-state index is 5.86. The summed E-state index contributed by atoms with van der Waals surface area (Å²) in [6.45, 7) is 2.13. The van der Waals surface area contributed by atoms with Crippen molar-refractivity contribution in [2.24, 2.45) is 5.73 Å². The minimum Gasteiger partial charge on any atom is -0.326 e. The summed E-state index contributed by atoms with van der Waals surface area (Å²) in [7, 11) is 0. The quantitative estimate of drug-likeness (QED) is 0.796. The Kier molecular flexibility index (Phi) is 3.42. The van der Waals surface area contributed by atoms with E-state index >= 15 is 0 Å². The second kappa shape index (κ2) is 4.60. The molecule has 14 heavy (non-hydrogen) atoms. The van der Waals surface area contributed by atoms with Gasteiger partial charge in [-0.25, -0.2) is 0 Å². The first-order valence-corrected chi connectivity index (χ1v) is 6.91. The van der Waals surface area contributed by atoms with Gasteiger partial charge in [-0.1, -0.05) is 29.8 Å². The molecule has 0 unspecified atom stereocenters. The van der Waals surface area contributed by atoms with Crippen LogP contribution in [-0.2, 0) is 0 Å². The molecular formula is C11H15NS2. The molecule has 1 heterocycles. The highest BCUT2D eigenvalue weighted by Crippen LogP contribution is 2.43. The summed E-state index contributed by atoms with van der Waals surface area (Å²) in [5.41, 5.74) is 8.62. The minimum atomic E-state index is 0.381. The average molecular weight is 225 g/mol. The van der Waals surface area contributed by atoms with Crippen LogP contribution >= 0.6 is 23.5 Å². The molecule has 1 aromatic rings. The van der Waals surface area contributed by atoms with Crippen LogP contribution in [0.15, 0.2) is 24.3 Å². The SMILES string of the molecule is Cc1ccc(C2SCC(N)CS2)cc1. The number of hydrogen-bond donors (Lipinski definition) is 1. The highest BCUT2D eigenvalue weighted by Gasteiger charge is 2.20. The third-order valence-electron chi connectivity index (χ3n) is 2.27. The van der Waals surface area contributed by atoms with E-state index in [1.54, 1.807) is 0 Å². The molecule has 1 aromatic carbocycles. The average Bonchev–Trinajstić information content (AvgIpc) is 2.21. The van der Waals surface area contributed by atoms with Gasteiger partial charge in [0.2, 0.25) is 0 Å². The zero-order valence-electron chi connectivity index (χ0n) is 8.27. The second-order valence-electron chi connectivity index (χ2n) is 3.67. The highest BCUT2D eigenvalue weighted by atomic mass is 32.2. The van der Waals surface area contributed by atoms with E-state index in [1.807, 2.05) is 23.5 Å². The number of nitrogens with two attached hydrogens (primary N) is 1. The molecule has 0 aromatic heterocycles. The normalized spacial score (nSPS) is 27.6. The van der Waals surface area contributed by atoms with Crippen molar-refractivity contribution in [3.8, 4) is 0 Å². The fourth-order valence-electron chi connectivity index (χ4n) is 1.43. The molecule has 0 aliphatic carbocycles. The van der Waals surface area contributed by atoms with E-state index in [4.69, 9.17) is 5.73 Å². The van der Waals surface area contributed by atoms with Crippen molar-refractivity contribution in [3.63, 3.8) is 0 Å². The minimum absolute atomic E-state index is 0.381. The van der Waals surface area contributed by atoms with Crippen LogP contribution in [0.1, 0.15) is 15.7 Å². The first-order chi connectivity index (χ1) is 6.75. The first kappa shape index (κ1) is 10.4. The van der Waals surface area contributed by atoms with Crippen molar-refractivity contribution in [3.05, 3.63) is 35.4 Å². The van der Waals surface area contributed by atoms with E-state index in [-0.39, 0.29) is 0 Å². The summed E-state index contributed by atoms with van der Waals surface area (Å²) in [5.74, 6) is 2.18. The van der Waals surface area contributed by atoms with Crippen LogP contribution < -0.4 is 5.73 Å². The Morgan fingerprint density at radius 2 is 1.71 bits per heavy atom. The van der Waals surface area contributed by atoms with Crippen molar-refractivity contribution >= 4 is 23.5 Å². The van der Waals surface area contributed by atoms with Gasteiger partial charge < -0.3 is 5.73 Å². The van der Waals surface area contributed by atoms with Gasteiger partial charge in [0.05, 0.1) is 4.58 Å². The molecule has 0 bridgehead atoms. The number of benzene rings is 1. The molecule has 0 saturated carbocycles.